The maximum absolute atomic E-state index is 12.9. The van der Waals surface area contributed by atoms with Crippen molar-refractivity contribution in [1.82, 2.24) is 0 Å². The van der Waals surface area contributed by atoms with Gasteiger partial charge in [0.15, 0.2) is 11.2 Å². The van der Waals surface area contributed by atoms with Gasteiger partial charge in [-0.1, -0.05) is 20.8 Å². The van der Waals surface area contributed by atoms with Crippen LogP contribution < -0.4 is 0 Å². The molecule has 1 saturated heterocycles. The third kappa shape index (κ3) is 3.42. The van der Waals surface area contributed by atoms with Gasteiger partial charge in [0, 0.05) is 20.0 Å². The number of hydrogen-bond donors (Lipinski definition) is 0. The van der Waals surface area contributed by atoms with Crippen LogP contribution in [0.2, 0.25) is 18.1 Å². The predicted octanol–water partition coefficient (Wildman–Crippen LogP) is 3.96. The number of methoxy groups -OCH3 is 1. The van der Waals surface area contributed by atoms with Crippen LogP contribution in [0.15, 0.2) is 11.8 Å². The number of nitrogens with zero attached hydrogens (tertiary/aromatic N) is 1. The average molecular weight is 366 g/mol. The molecule has 0 aromatic rings. The molecule has 1 heterocycles. The van der Waals surface area contributed by atoms with Crippen molar-refractivity contribution in [1.29, 1.82) is 5.26 Å². The fourth-order valence-corrected chi connectivity index (χ4v) is 4.45. The standard InChI is InChI=1S/C19H31NO4Si/c1-17(2,3)25(7,8)24-13-9-15(22-6)19(12-20)14(21)11-18(4,5)23-16(19)10-13/h9,15-16H,10-11H2,1-8H3/t15?,16-,19+/m0/s1. The first-order chi connectivity index (χ1) is 11.3. The molecule has 1 unspecified atom stereocenters. The molecule has 0 saturated carbocycles. The van der Waals surface area contributed by atoms with E-state index >= 15 is 0 Å². The molecule has 0 amide bonds. The maximum atomic E-state index is 12.9. The Hall–Kier alpha value is -1.16. The third-order valence-electron chi connectivity index (χ3n) is 5.82. The van der Waals surface area contributed by atoms with Gasteiger partial charge >= 0.3 is 0 Å². The van der Waals surface area contributed by atoms with Crippen LogP contribution in [0.25, 0.3) is 0 Å². The first kappa shape index (κ1) is 20.2. The van der Waals surface area contributed by atoms with Crippen molar-refractivity contribution in [2.75, 3.05) is 7.11 Å². The van der Waals surface area contributed by atoms with E-state index in [2.05, 4.69) is 39.9 Å². The molecule has 2 aliphatic rings. The second kappa shape index (κ2) is 6.22. The number of ketones is 1. The van der Waals surface area contributed by atoms with E-state index in [1.54, 1.807) is 0 Å². The van der Waals surface area contributed by atoms with Crippen LogP contribution in [-0.2, 0) is 18.7 Å². The highest BCUT2D eigenvalue weighted by atomic mass is 28.4. The van der Waals surface area contributed by atoms with Crippen LogP contribution in [0.1, 0.15) is 47.5 Å². The SMILES string of the molecule is COC1C=C(O[Si](C)(C)C(C)(C)C)C[C@@H]2OC(C)(C)CC(=O)[C@]12C#N. The van der Waals surface area contributed by atoms with Gasteiger partial charge in [0.25, 0.3) is 0 Å². The number of Topliss-reactive ketones (excluding diaryl/α,β-unsaturated/α-hetero) is 1. The molecular weight excluding hydrogens is 334 g/mol. The summed E-state index contributed by atoms with van der Waals surface area (Å²) in [6, 6.07) is 2.23. The molecule has 140 valence electrons. The lowest BCUT2D eigenvalue weighted by Crippen LogP contribution is -2.61. The Morgan fingerprint density at radius 2 is 1.96 bits per heavy atom. The molecule has 0 radical (unpaired) electrons. The van der Waals surface area contributed by atoms with Crippen molar-refractivity contribution < 1.29 is 18.7 Å². The summed E-state index contributed by atoms with van der Waals surface area (Å²) in [5, 5.41) is 9.93. The second-order valence-electron chi connectivity index (χ2n) is 9.30. The molecule has 0 N–H and O–H groups in total. The molecule has 0 aromatic carbocycles. The molecule has 1 aliphatic heterocycles. The Kier molecular flexibility index (Phi) is 5.02. The first-order valence-electron chi connectivity index (χ1n) is 8.84. The molecule has 1 fully saturated rings. The molecule has 0 aromatic heterocycles. The van der Waals surface area contributed by atoms with E-state index in [0.29, 0.717) is 6.42 Å². The molecule has 0 bridgehead atoms. The lowest BCUT2D eigenvalue weighted by molar-refractivity contribution is -0.190. The highest BCUT2D eigenvalue weighted by molar-refractivity contribution is 6.74. The predicted molar refractivity (Wildman–Crippen MR) is 98.4 cm³/mol. The number of fused-ring (bicyclic) bond motifs is 1. The summed E-state index contributed by atoms with van der Waals surface area (Å²) in [4.78, 5) is 12.9. The molecule has 5 nitrogen and oxygen atoms in total. The van der Waals surface area contributed by atoms with Gasteiger partial charge in [-0.25, -0.2) is 0 Å². The summed E-state index contributed by atoms with van der Waals surface area (Å²) in [7, 11) is -0.498. The minimum atomic E-state index is -2.03. The van der Waals surface area contributed by atoms with Crippen LogP contribution in [0.4, 0.5) is 0 Å². The largest absolute Gasteiger partial charge is 0.547 e. The molecular formula is C19H31NO4Si. The van der Waals surface area contributed by atoms with Crippen LogP contribution in [-0.4, -0.2) is 39.0 Å². The summed E-state index contributed by atoms with van der Waals surface area (Å²) in [6.45, 7) is 14.7. The highest BCUT2D eigenvalue weighted by Gasteiger charge is 2.60. The number of carbonyl (C=O) groups excluding carboxylic acids is 1. The summed E-state index contributed by atoms with van der Waals surface area (Å²) < 4.78 is 18.2. The monoisotopic (exact) mass is 365 g/mol. The minimum absolute atomic E-state index is 0.0582. The summed E-state index contributed by atoms with van der Waals surface area (Å²) in [5.74, 6) is 0.672. The Labute approximate surface area is 152 Å². The van der Waals surface area contributed by atoms with E-state index in [-0.39, 0.29) is 17.2 Å². The van der Waals surface area contributed by atoms with Crippen LogP contribution in [0, 0.1) is 16.7 Å². The quantitative estimate of drug-likeness (QED) is 0.708. The van der Waals surface area contributed by atoms with Gasteiger partial charge < -0.3 is 13.9 Å². The maximum Gasteiger partial charge on any atom is 0.250 e. The zero-order chi connectivity index (χ0) is 19.3. The molecule has 2 rings (SSSR count). The van der Waals surface area contributed by atoms with Gasteiger partial charge in [0.2, 0.25) is 8.32 Å². The van der Waals surface area contributed by atoms with Gasteiger partial charge in [-0.3, -0.25) is 4.79 Å². The second-order valence-corrected chi connectivity index (χ2v) is 14.0. The minimum Gasteiger partial charge on any atom is -0.547 e. The van der Waals surface area contributed by atoms with Crippen molar-refractivity contribution in [2.45, 2.75) is 83.4 Å². The highest BCUT2D eigenvalue weighted by Crippen LogP contribution is 2.48. The average Bonchev–Trinajstić information content (AvgIpc) is 2.43. The van der Waals surface area contributed by atoms with Crippen LogP contribution in [0.5, 0.6) is 0 Å². The van der Waals surface area contributed by atoms with E-state index in [1.807, 2.05) is 19.9 Å². The van der Waals surface area contributed by atoms with Crippen LogP contribution >= 0.6 is 0 Å². The zero-order valence-electron chi connectivity index (χ0n) is 16.7. The van der Waals surface area contributed by atoms with Gasteiger partial charge in [-0.15, -0.1) is 0 Å². The van der Waals surface area contributed by atoms with Gasteiger partial charge in [-0.2, -0.15) is 5.26 Å². The van der Waals surface area contributed by atoms with E-state index < -0.39 is 31.5 Å². The third-order valence-corrected chi connectivity index (χ3v) is 10.2. The normalized spacial score (nSPS) is 32.4. The smallest absolute Gasteiger partial charge is 0.250 e. The fraction of sp³-hybridized carbons (Fsp3) is 0.789. The Bertz CT molecular complexity index is 626. The van der Waals surface area contributed by atoms with Crippen molar-refractivity contribution in [3.8, 4) is 6.07 Å². The van der Waals surface area contributed by atoms with Gasteiger partial charge in [0.1, 0.15) is 6.10 Å². The van der Waals surface area contributed by atoms with Crippen molar-refractivity contribution in [3.05, 3.63) is 11.8 Å². The molecule has 3 atom stereocenters. The molecule has 1 aliphatic carbocycles. The Morgan fingerprint density at radius 3 is 2.44 bits per heavy atom. The van der Waals surface area contributed by atoms with Crippen molar-refractivity contribution in [2.24, 2.45) is 5.41 Å². The van der Waals surface area contributed by atoms with E-state index in [1.165, 1.54) is 7.11 Å². The van der Waals surface area contributed by atoms with Crippen LogP contribution in [0.3, 0.4) is 0 Å². The summed E-state index contributed by atoms with van der Waals surface area (Å²) >= 11 is 0. The zero-order valence-corrected chi connectivity index (χ0v) is 17.7. The van der Waals surface area contributed by atoms with E-state index in [9.17, 15) is 10.1 Å². The van der Waals surface area contributed by atoms with Gasteiger partial charge in [-0.05, 0) is 38.1 Å². The van der Waals surface area contributed by atoms with Gasteiger partial charge in [0.05, 0.1) is 23.5 Å². The Morgan fingerprint density at radius 1 is 1.36 bits per heavy atom. The summed E-state index contributed by atoms with van der Waals surface area (Å²) in [5.41, 5.74) is -1.87. The molecule has 25 heavy (non-hydrogen) atoms. The lowest BCUT2D eigenvalue weighted by atomic mass is 9.65. The van der Waals surface area contributed by atoms with Crippen molar-refractivity contribution in [3.63, 3.8) is 0 Å². The number of rotatable bonds is 3. The van der Waals surface area contributed by atoms with E-state index in [0.717, 1.165) is 5.76 Å². The molecule has 0 spiro atoms. The number of carbonyl (C=O) groups is 1. The lowest BCUT2D eigenvalue weighted by Gasteiger charge is -2.50. The Balaban J connectivity index is 2.43. The number of ether oxygens (including phenoxy) is 2. The summed E-state index contributed by atoms with van der Waals surface area (Å²) in [6.07, 6.45) is 1.25. The fourth-order valence-electron chi connectivity index (χ4n) is 3.34. The number of hydrogen-bond acceptors (Lipinski definition) is 5. The topological polar surface area (TPSA) is 68.6 Å². The molecule has 6 heteroatoms. The van der Waals surface area contributed by atoms with E-state index in [4.69, 9.17) is 13.9 Å². The number of nitriles is 1. The van der Waals surface area contributed by atoms with Crippen molar-refractivity contribution >= 4 is 14.1 Å². The first-order valence-corrected chi connectivity index (χ1v) is 11.7.